The van der Waals surface area contributed by atoms with Crippen LogP contribution in [0.2, 0.25) is 0 Å². The Morgan fingerprint density at radius 1 is 1.30 bits per heavy atom. The highest BCUT2D eigenvalue weighted by Crippen LogP contribution is 2.31. The maximum atomic E-state index is 12.3. The van der Waals surface area contributed by atoms with E-state index in [2.05, 4.69) is 0 Å². The summed E-state index contributed by atoms with van der Waals surface area (Å²) in [4.78, 5) is 25.7. The molecule has 2 rings (SSSR count). The summed E-state index contributed by atoms with van der Waals surface area (Å²) in [6.45, 7) is 2.76. The summed E-state index contributed by atoms with van der Waals surface area (Å²) in [6, 6.07) is 9.86. The number of carbonyl (C=O) groups excluding carboxylic acids is 2. The van der Waals surface area contributed by atoms with Crippen LogP contribution in [0.3, 0.4) is 0 Å². The Kier molecular flexibility index (Phi) is 4.77. The van der Waals surface area contributed by atoms with Crippen LogP contribution in [0, 0.1) is 11.8 Å². The zero-order valence-corrected chi connectivity index (χ0v) is 12.0. The molecular weight excluding hydrogens is 254 g/mol. The summed E-state index contributed by atoms with van der Waals surface area (Å²) >= 11 is 0. The van der Waals surface area contributed by atoms with Crippen molar-refractivity contribution in [1.29, 1.82) is 0 Å². The number of rotatable bonds is 6. The van der Waals surface area contributed by atoms with Crippen LogP contribution in [0.4, 0.5) is 0 Å². The Morgan fingerprint density at radius 2 is 1.95 bits per heavy atom. The molecule has 1 aromatic carbocycles. The molecule has 1 fully saturated rings. The highest BCUT2D eigenvalue weighted by atomic mass is 16.5. The fraction of sp³-hybridized carbons (Fsp3) is 0.500. The first kappa shape index (κ1) is 14.6. The minimum Gasteiger partial charge on any atom is -0.469 e. The summed E-state index contributed by atoms with van der Waals surface area (Å²) in [7, 11) is 1.38. The minimum atomic E-state index is -0.300. The van der Waals surface area contributed by atoms with E-state index in [1.807, 2.05) is 30.3 Å². The highest BCUT2D eigenvalue weighted by molar-refractivity contribution is 5.82. The van der Waals surface area contributed by atoms with Crippen LogP contribution in [-0.4, -0.2) is 30.4 Å². The molecule has 1 saturated carbocycles. The molecule has 0 radical (unpaired) electrons. The van der Waals surface area contributed by atoms with Crippen molar-refractivity contribution in [2.75, 3.05) is 13.7 Å². The summed E-state index contributed by atoms with van der Waals surface area (Å²) < 4.78 is 4.74. The quantitative estimate of drug-likeness (QED) is 0.748. The lowest BCUT2D eigenvalue weighted by Gasteiger charge is -2.25. The number of esters is 1. The first-order valence-corrected chi connectivity index (χ1v) is 7.02. The summed E-state index contributed by atoms with van der Waals surface area (Å²) in [5.41, 5.74) is 1.08. The predicted molar refractivity (Wildman–Crippen MR) is 75.8 cm³/mol. The van der Waals surface area contributed by atoms with Crippen molar-refractivity contribution in [2.45, 2.75) is 26.3 Å². The highest BCUT2D eigenvalue weighted by Gasteiger charge is 2.34. The Bertz CT molecular complexity index is 468. The molecule has 4 heteroatoms. The number of hydrogen-bond donors (Lipinski definition) is 0. The predicted octanol–water partition coefficient (Wildman–Crippen LogP) is 2.23. The van der Waals surface area contributed by atoms with Gasteiger partial charge in [-0.3, -0.25) is 9.59 Å². The molecule has 108 valence electrons. The summed E-state index contributed by atoms with van der Waals surface area (Å²) in [6.07, 6.45) is 1.94. The molecule has 0 spiro atoms. The van der Waals surface area contributed by atoms with E-state index in [-0.39, 0.29) is 23.7 Å². The lowest BCUT2D eigenvalue weighted by Crippen LogP contribution is -2.37. The number of benzene rings is 1. The number of nitrogens with zero attached hydrogens (tertiary/aromatic N) is 1. The van der Waals surface area contributed by atoms with Gasteiger partial charge in [0.05, 0.1) is 13.0 Å². The van der Waals surface area contributed by atoms with E-state index in [9.17, 15) is 9.59 Å². The number of carbonyl (C=O) groups is 2. The molecule has 0 bridgehead atoms. The Balaban J connectivity index is 2.04. The van der Waals surface area contributed by atoms with E-state index < -0.39 is 0 Å². The van der Waals surface area contributed by atoms with Crippen molar-refractivity contribution in [2.24, 2.45) is 11.8 Å². The van der Waals surface area contributed by atoms with Gasteiger partial charge in [-0.05, 0) is 18.4 Å². The molecule has 1 unspecified atom stereocenters. The van der Waals surface area contributed by atoms with Gasteiger partial charge in [-0.25, -0.2) is 0 Å². The fourth-order valence-corrected chi connectivity index (χ4v) is 2.23. The van der Waals surface area contributed by atoms with Crippen molar-refractivity contribution < 1.29 is 14.3 Å². The Hall–Kier alpha value is -1.84. The molecule has 0 N–H and O–H groups in total. The average Bonchev–Trinajstić information content (AvgIpc) is 3.30. The monoisotopic (exact) mass is 275 g/mol. The summed E-state index contributed by atoms with van der Waals surface area (Å²) in [5.74, 6) is -0.258. The van der Waals surface area contributed by atoms with Gasteiger partial charge in [0.15, 0.2) is 0 Å². The molecule has 1 aliphatic rings. The molecule has 1 aliphatic carbocycles. The van der Waals surface area contributed by atoms with E-state index in [0.717, 1.165) is 18.4 Å². The van der Waals surface area contributed by atoms with Crippen LogP contribution in [0.5, 0.6) is 0 Å². The van der Waals surface area contributed by atoms with Crippen LogP contribution in [-0.2, 0) is 20.9 Å². The first-order valence-electron chi connectivity index (χ1n) is 7.02. The van der Waals surface area contributed by atoms with Crippen molar-refractivity contribution in [3.63, 3.8) is 0 Å². The third kappa shape index (κ3) is 3.83. The van der Waals surface area contributed by atoms with Gasteiger partial charge in [-0.15, -0.1) is 0 Å². The lowest BCUT2D eigenvalue weighted by molar-refractivity contribution is -0.146. The van der Waals surface area contributed by atoms with Crippen molar-refractivity contribution in [3.05, 3.63) is 35.9 Å². The topological polar surface area (TPSA) is 46.6 Å². The normalized spacial score (nSPS) is 15.5. The smallest absolute Gasteiger partial charge is 0.310 e. The molecule has 0 saturated heterocycles. The third-order valence-electron chi connectivity index (χ3n) is 3.55. The Morgan fingerprint density at radius 3 is 2.50 bits per heavy atom. The van der Waals surface area contributed by atoms with Crippen molar-refractivity contribution in [1.82, 2.24) is 4.90 Å². The molecule has 1 amide bonds. The van der Waals surface area contributed by atoms with Crippen molar-refractivity contribution >= 4 is 11.9 Å². The van der Waals surface area contributed by atoms with Crippen LogP contribution >= 0.6 is 0 Å². The van der Waals surface area contributed by atoms with E-state index in [0.29, 0.717) is 13.1 Å². The molecule has 20 heavy (non-hydrogen) atoms. The van der Waals surface area contributed by atoms with Gasteiger partial charge in [-0.1, -0.05) is 37.3 Å². The van der Waals surface area contributed by atoms with Gasteiger partial charge < -0.3 is 9.64 Å². The molecular formula is C16H21NO3. The van der Waals surface area contributed by atoms with E-state index >= 15 is 0 Å². The molecule has 0 aliphatic heterocycles. The number of hydrogen-bond acceptors (Lipinski definition) is 3. The number of amides is 1. The fourth-order valence-electron chi connectivity index (χ4n) is 2.23. The third-order valence-corrected chi connectivity index (χ3v) is 3.55. The SMILES string of the molecule is COC(=O)C(C)CN(Cc1ccccc1)C(=O)C1CC1. The number of methoxy groups -OCH3 is 1. The second kappa shape index (κ2) is 6.55. The van der Waals surface area contributed by atoms with Gasteiger partial charge in [0.25, 0.3) is 0 Å². The first-order chi connectivity index (χ1) is 9.61. The standard InChI is InChI=1S/C16H21NO3/c1-12(16(19)20-2)10-17(15(18)14-8-9-14)11-13-6-4-3-5-7-13/h3-7,12,14H,8-11H2,1-2H3. The largest absolute Gasteiger partial charge is 0.469 e. The van der Waals surface area contributed by atoms with Crippen LogP contribution in [0.1, 0.15) is 25.3 Å². The van der Waals surface area contributed by atoms with Gasteiger partial charge in [-0.2, -0.15) is 0 Å². The maximum Gasteiger partial charge on any atom is 0.310 e. The van der Waals surface area contributed by atoms with Crippen LogP contribution < -0.4 is 0 Å². The average molecular weight is 275 g/mol. The Labute approximate surface area is 119 Å². The van der Waals surface area contributed by atoms with Crippen LogP contribution in [0.15, 0.2) is 30.3 Å². The molecule has 0 heterocycles. The summed E-state index contributed by atoms with van der Waals surface area (Å²) in [5, 5.41) is 0. The lowest BCUT2D eigenvalue weighted by atomic mass is 10.1. The molecule has 1 atom stereocenters. The van der Waals surface area contributed by atoms with Crippen LogP contribution in [0.25, 0.3) is 0 Å². The number of ether oxygens (including phenoxy) is 1. The molecule has 0 aromatic heterocycles. The van der Waals surface area contributed by atoms with E-state index in [1.54, 1.807) is 11.8 Å². The zero-order valence-electron chi connectivity index (χ0n) is 12.0. The van der Waals surface area contributed by atoms with Gasteiger partial charge in [0.1, 0.15) is 0 Å². The zero-order chi connectivity index (χ0) is 14.5. The molecule has 1 aromatic rings. The van der Waals surface area contributed by atoms with Gasteiger partial charge in [0, 0.05) is 19.0 Å². The second-order valence-corrected chi connectivity index (χ2v) is 5.40. The maximum absolute atomic E-state index is 12.3. The second-order valence-electron chi connectivity index (χ2n) is 5.40. The molecule has 4 nitrogen and oxygen atoms in total. The van der Waals surface area contributed by atoms with Gasteiger partial charge >= 0.3 is 5.97 Å². The minimum absolute atomic E-state index is 0.156. The van der Waals surface area contributed by atoms with E-state index in [4.69, 9.17) is 4.74 Å². The van der Waals surface area contributed by atoms with Crippen molar-refractivity contribution in [3.8, 4) is 0 Å². The van der Waals surface area contributed by atoms with Gasteiger partial charge in [0.2, 0.25) is 5.91 Å². The van der Waals surface area contributed by atoms with E-state index in [1.165, 1.54) is 7.11 Å².